The zero-order valence-corrected chi connectivity index (χ0v) is 18.4. The molecule has 1 unspecified atom stereocenters. The number of rotatable bonds is 9. The van der Waals surface area contributed by atoms with Gasteiger partial charge < -0.3 is 29.1 Å². The maximum Gasteiger partial charge on any atom is 0.407 e. The van der Waals surface area contributed by atoms with Crippen molar-refractivity contribution in [2.45, 2.75) is 51.6 Å². The number of carboxylic acid groups (broad SMARTS) is 1. The molecule has 0 saturated carbocycles. The van der Waals surface area contributed by atoms with Gasteiger partial charge in [0, 0.05) is 44.8 Å². The van der Waals surface area contributed by atoms with Crippen molar-refractivity contribution in [3.8, 4) is 11.5 Å². The van der Waals surface area contributed by atoms with E-state index in [4.69, 9.17) is 14.2 Å². The van der Waals surface area contributed by atoms with Crippen LogP contribution in [0.1, 0.15) is 49.9 Å². The SMILES string of the molecule is COCCCOc1cc(C(=O)N(C(C)C)C2CCCCN(C(=O)O)C2)ccc1OC. The van der Waals surface area contributed by atoms with Crippen LogP contribution in [0.3, 0.4) is 0 Å². The van der Waals surface area contributed by atoms with Gasteiger partial charge in [-0.15, -0.1) is 0 Å². The molecule has 1 aliphatic heterocycles. The molecule has 1 aliphatic rings. The number of likely N-dealkylation sites (tertiary alicyclic amines) is 1. The minimum atomic E-state index is -0.936. The number of nitrogens with zero attached hydrogens (tertiary/aromatic N) is 2. The largest absolute Gasteiger partial charge is 0.493 e. The van der Waals surface area contributed by atoms with E-state index < -0.39 is 6.09 Å². The molecule has 8 nitrogen and oxygen atoms in total. The zero-order chi connectivity index (χ0) is 22.1. The van der Waals surface area contributed by atoms with Crippen LogP contribution < -0.4 is 9.47 Å². The number of carbonyl (C=O) groups is 2. The summed E-state index contributed by atoms with van der Waals surface area (Å²) < 4.78 is 16.2. The number of carbonyl (C=O) groups excluding carboxylic acids is 1. The van der Waals surface area contributed by atoms with Crippen molar-refractivity contribution < 1.29 is 28.9 Å². The second-order valence-corrected chi connectivity index (χ2v) is 7.74. The summed E-state index contributed by atoms with van der Waals surface area (Å²) in [6.07, 6.45) is 2.27. The van der Waals surface area contributed by atoms with Gasteiger partial charge in [-0.3, -0.25) is 4.79 Å². The highest BCUT2D eigenvalue weighted by molar-refractivity contribution is 5.95. The second kappa shape index (κ2) is 11.6. The number of amides is 2. The molecule has 2 amide bonds. The third-order valence-electron chi connectivity index (χ3n) is 5.26. The molecule has 1 heterocycles. The van der Waals surface area contributed by atoms with Gasteiger partial charge in [0.25, 0.3) is 5.91 Å². The monoisotopic (exact) mass is 422 g/mol. The molecule has 2 rings (SSSR count). The first-order valence-electron chi connectivity index (χ1n) is 10.5. The standard InChI is InChI=1S/C22H34N2O6/c1-16(2)24(18-8-5-6-11-23(15-18)22(26)27)21(25)17-9-10-19(29-4)20(14-17)30-13-7-12-28-3/h9-10,14,16,18H,5-8,11-13,15H2,1-4H3,(H,26,27). The molecule has 168 valence electrons. The van der Waals surface area contributed by atoms with Gasteiger partial charge in [0.15, 0.2) is 11.5 Å². The van der Waals surface area contributed by atoms with Crippen molar-refractivity contribution in [1.29, 1.82) is 0 Å². The molecule has 1 atom stereocenters. The zero-order valence-electron chi connectivity index (χ0n) is 18.4. The quantitative estimate of drug-likeness (QED) is 0.613. The molecule has 0 radical (unpaired) electrons. The Morgan fingerprint density at radius 1 is 1.20 bits per heavy atom. The topological polar surface area (TPSA) is 88.5 Å². The minimum Gasteiger partial charge on any atom is -0.493 e. The van der Waals surface area contributed by atoms with Crippen molar-refractivity contribution in [3.05, 3.63) is 23.8 Å². The van der Waals surface area contributed by atoms with Gasteiger partial charge in [0.2, 0.25) is 0 Å². The van der Waals surface area contributed by atoms with Gasteiger partial charge in [-0.1, -0.05) is 0 Å². The van der Waals surface area contributed by atoms with Gasteiger partial charge in [-0.05, 0) is 51.3 Å². The van der Waals surface area contributed by atoms with E-state index in [1.807, 2.05) is 13.8 Å². The molecule has 8 heteroatoms. The maximum atomic E-state index is 13.4. The molecular weight excluding hydrogens is 388 g/mol. The summed E-state index contributed by atoms with van der Waals surface area (Å²) in [4.78, 5) is 28.2. The van der Waals surface area contributed by atoms with Crippen LogP contribution in [-0.2, 0) is 4.74 Å². The van der Waals surface area contributed by atoms with E-state index in [9.17, 15) is 14.7 Å². The van der Waals surface area contributed by atoms with E-state index in [-0.39, 0.29) is 18.0 Å². The first kappa shape index (κ1) is 23.8. The Morgan fingerprint density at radius 3 is 2.60 bits per heavy atom. The van der Waals surface area contributed by atoms with Crippen LogP contribution in [-0.4, -0.2) is 79.5 Å². The summed E-state index contributed by atoms with van der Waals surface area (Å²) in [6, 6.07) is 4.93. The van der Waals surface area contributed by atoms with Crippen LogP contribution in [0.4, 0.5) is 4.79 Å². The molecular formula is C22H34N2O6. The van der Waals surface area contributed by atoms with E-state index in [0.29, 0.717) is 43.4 Å². The molecule has 1 aromatic carbocycles. The fourth-order valence-electron chi connectivity index (χ4n) is 3.80. The van der Waals surface area contributed by atoms with E-state index in [1.54, 1.807) is 37.3 Å². The first-order valence-corrected chi connectivity index (χ1v) is 10.5. The predicted molar refractivity (Wildman–Crippen MR) is 114 cm³/mol. The Bertz CT molecular complexity index is 709. The fourth-order valence-corrected chi connectivity index (χ4v) is 3.80. The van der Waals surface area contributed by atoms with Gasteiger partial charge in [-0.25, -0.2) is 4.79 Å². The predicted octanol–water partition coefficient (Wildman–Crippen LogP) is 3.49. The molecule has 0 aliphatic carbocycles. The number of methoxy groups -OCH3 is 2. The lowest BCUT2D eigenvalue weighted by Crippen LogP contribution is -2.50. The third kappa shape index (κ3) is 6.26. The average molecular weight is 423 g/mol. The van der Waals surface area contributed by atoms with Gasteiger partial charge in [-0.2, -0.15) is 0 Å². The van der Waals surface area contributed by atoms with E-state index in [1.165, 1.54) is 4.90 Å². The summed E-state index contributed by atoms with van der Waals surface area (Å²) in [7, 11) is 3.20. The Hall–Kier alpha value is -2.48. The molecule has 0 spiro atoms. The summed E-state index contributed by atoms with van der Waals surface area (Å²) in [5, 5.41) is 9.45. The smallest absolute Gasteiger partial charge is 0.407 e. The van der Waals surface area contributed by atoms with Gasteiger partial charge in [0.1, 0.15) is 0 Å². The summed E-state index contributed by atoms with van der Waals surface area (Å²) >= 11 is 0. The van der Waals surface area contributed by atoms with E-state index in [0.717, 1.165) is 25.7 Å². The normalized spacial score (nSPS) is 16.8. The Labute approximate surface area is 178 Å². The third-order valence-corrected chi connectivity index (χ3v) is 5.26. The maximum absolute atomic E-state index is 13.4. The highest BCUT2D eigenvalue weighted by Gasteiger charge is 2.31. The lowest BCUT2D eigenvalue weighted by molar-refractivity contribution is 0.0547. The molecule has 1 N–H and O–H groups in total. The van der Waals surface area contributed by atoms with Crippen LogP contribution in [0.2, 0.25) is 0 Å². The first-order chi connectivity index (χ1) is 14.4. The summed E-state index contributed by atoms with van der Waals surface area (Å²) in [5.41, 5.74) is 0.498. The molecule has 0 aromatic heterocycles. The number of hydrogen-bond donors (Lipinski definition) is 1. The van der Waals surface area contributed by atoms with Crippen molar-refractivity contribution in [2.24, 2.45) is 0 Å². The van der Waals surface area contributed by atoms with E-state index in [2.05, 4.69) is 0 Å². The van der Waals surface area contributed by atoms with Crippen LogP contribution in [0.25, 0.3) is 0 Å². The van der Waals surface area contributed by atoms with Crippen LogP contribution in [0.5, 0.6) is 11.5 Å². The number of hydrogen-bond acceptors (Lipinski definition) is 5. The number of ether oxygens (including phenoxy) is 3. The Balaban J connectivity index is 2.24. The van der Waals surface area contributed by atoms with Crippen LogP contribution >= 0.6 is 0 Å². The lowest BCUT2D eigenvalue weighted by atomic mass is 10.0. The van der Waals surface area contributed by atoms with Crippen molar-refractivity contribution in [3.63, 3.8) is 0 Å². The molecule has 1 fully saturated rings. The minimum absolute atomic E-state index is 0.0654. The van der Waals surface area contributed by atoms with Crippen molar-refractivity contribution in [2.75, 3.05) is 40.5 Å². The van der Waals surface area contributed by atoms with Crippen LogP contribution in [0.15, 0.2) is 18.2 Å². The van der Waals surface area contributed by atoms with Crippen LogP contribution in [0, 0.1) is 0 Å². The van der Waals surface area contributed by atoms with Gasteiger partial charge in [0.05, 0.1) is 19.8 Å². The molecule has 1 saturated heterocycles. The Morgan fingerprint density at radius 2 is 1.97 bits per heavy atom. The average Bonchev–Trinajstić information content (AvgIpc) is 2.97. The highest BCUT2D eigenvalue weighted by Crippen LogP contribution is 2.30. The lowest BCUT2D eigenvalue weighted by Gasteiger charge is -2.36. The Kier molecular flexibility index (Phi) is 9.23. The summed E-state index contributed by atoms with van der Waals surface area (Å²) in [6.45, 7) is 5.79. The second-order valence-electron chi connectivity index (χ2n) is 7.74. The molecule has 0 bridgehead atoms. The number of benzene rings is 1. The van der Waals surface area contributed by atoms with E-state index >= 15 is 0 Å². The van der Waals surface area contributed by atoms with Gasteiger partial charge >= 0.3 is 6.09 Å². The molecule has 30 heavy (non-hydrogen) atoms. The van der Waals surface area contributed by atoms with Crippen molar-refractivity contribution >= 4 is 12.0 Å². The summed E-state index contributed by atoms with van der Waals surface area (Å²) in [5.74, 6) is 0.939. The highest BCUT2D eigenvalue weighted by atomic mass is 16.5. The van der Waals surface area contributed by atoms with Crippen molar-refractivity contribution in [1.82, 2.24) is 9.80 Å². The molecule has 1 aromatic rings. The fraction of sp³-hybridized carbons (Fsp3) is 0.636.